The molecule has 1 saturated heterocycles. The van der Waals surface area contributed by atoms with Crippen molar-refractivity contribution in [3.05, 3.63) is 56.2 Å². The van der Waals surface area contributed by atoms with Crippen LogP contribution in [-0.2, 0) is 25.4 Å². The highest BCUT2D eigenvalue weighted by molar-refractivity contribution is 5.74. The van der Waals surface area contributed by atoms with Crippen LogP contribution in [0.25, 0.3) is 11.2 Å². The van der Waals surface area contributed by atoms with E-state index in [4.69, 9.17) is 4.74 Å². The van der Waals surface area contributed by atoms with E-state index in [1.54, 1.807) is 7.05 Å². The summed E-state index contributed by atoms with van der Waals surface area (Å²) >= 11 is 0. The summed E-state index contributed by atoms with van der Waals surface area (Å²) in [7, 11) is 3.13. The van der Waals surface area contributed by atoms with Crippen molar-refractivity contribution < 1.29 is 4.74 Å². The van der Waals surface area contributed by atoms with Crippen LogP contribution in [0.4, 0.5) is 5.95 Å². The predicted octanol–water partition coefficient (Wildman–Crippen LogP) is 1.38. The number of aryl methyl sites for hydroxylation is 2. The molecule has 1 aliphatic heterocycles. The van der Waals surface area contributed by atoms with Gasteiger partial charge in [0.15, 0.2) is 11.2 Å². The smallest absolute Gasteiger partial charge is 0.332 e. The van der Waals surface area contributed by atoms with E-state index in [9.17, 15) is 9.59 Å². The Morgan fingerprint density at radius 1 is 1.21 bits per heavy atom. The molecule has 0 aliphatic carbocycles. The van der Waals surface area contributed by atoms with Crippen molar-refractivity contribution in [2.24, 2.45) is 14.1 Å². The zero-order chi connectivity index (χ0) is 19.8. The molecule has 0 unspecified atom stereocenters. The molecular weight excluding hydrogens is 358 g/mol. The van der Waals surface area contributed by atoms with Crippen molar-refractivity contribution >= 4 is 17.1 Å². The fourth-order valence-electron chi connectivity index (χ4n) is 3.70. The molecule has 3 heterocycles. The Morgan fingerprint density at radius 3 is 2.71 bits per heavy atom. The van der Waals surface area contributed by atoms with E-state index in [-0.39, 0.29) is 17.4 Å². The second kappa shape index (κ2) is 7.27. The topological polar surface area (TPSA) is 83.1 Å². The number of aromatic nitrogens is 4. The summed E-state index contributed by atoms with van der Waals surface area (Å²) in [6.45, 7) is 3.93. The Hall–Kier alpha value is -2.87. The number of rotatable bonds is 5. The number of anilines is 1. The summed E-state index contributed by atoms with van der Waals surface area (Å²) in [4.78, 5) is 29.9. The van der Waals surface area contributed by atoms with E-state index in [1.807, 2.05) is 35.8 Å². The van der Waals surface area contributed by atoms with E-state index in [1.165, 1.54) is 11.6 Å². The van der Waals surface area contributed by atoms with E-state index >= 15 is 0 Å². The first kappa shape index (κ1) is 18.5. The van der Waals surface area contributed by atoms with Crippen molar-refractivity contribution in [3.63, 3.8) is 0 Å². The molecule has 28 heavy (non-hydrogen) atoms. The third-order valence-electron chi connectivity index (χ3n) is 5.45. The standard InChI is InChI=1S/C20H25N5O3/c1-13-7-4-5-8-14(13)12-25-16-17(23(2)20(27)24(3)18(16)26)22-19(25)21-11-15-9-6-10-28-15/h4-5,7-8,15H,6,9-12H2,1-3H3,(H,21,22)/t15-/m0/s1. The third kappa shape index (κ3) is 3.13. The number of hydrogen-bond acceptors (Lipinski definition) is 5. The van der Waals surface area contributed by atoms with Crippen LogP contribution in [0, 0.1) is 6.92 Å². The van der Waals surface area contributed by atoms with Gasteiger partial charge in [-0.1, -0.05) is 24.3 Å². The summed E-state index contributed by atoms with van der Waals surface area (Å²) in [5.74, 6) is 0.576. The van der Waals surface area contributed by atoms with Crippen molar-refractivity contribution in [2.75, 3.05) is 18.5 Å². The molecule has 148 valence electrons. The predicted molar refractivity (Wildman–Crippen MR) is 108 cm³/mol. The Kier molecular flexibility index (Phi) is 4.80. The van der Waals surface area contributed by atoms with Gasteiger partial charge in [0.25, 0.3) is 5.56 Å². The van der Waals surface area contributed by atoms with Crippen molar-refractivity contribution in [2.45, 2.75) is 32.4 Å². The largest absolute Gasteiger partial charge is 0.376 e. The van der Waals surface area contributed by atoms with Gasteiger partial charge in [0.05, 0.1) is 12.6 Å². The van der Waals surface area contributed by atoms with Crippen LogP contribution < -0.4 is 16.6 Å². The van der Waals surface area contributed by atoms with E-state index < -0.39 is 0 Å². The molecule has 0 bridgehead atoms. The second-order valence-electron chi connectivity index (χ2n) is 7.34. The molecule has 0 saturated carbocycles. The van der Waals surface area contributed by atoms with Gasteiger partial charge in [-0.25, -0.2) is 4.79 Å². The molecule has 0 amide bonds. The van der Waals surface area contributed by atoms with E-state index in [0.29, 0.717) is 30.2 Å². The minimum atomic E-state index is -0.385. The van der Waals surface area contributed by atoms with Crippen LogP contribution in [0.5, 0.6) is 0 Å². The Morgan fingerprint density at radius 2 is 2.00 bits per heavy atom. The number of imidazole rings is 1. The fraction of sp³-hybridized carbons (Fsp3) is 0.450. The zero-order valence-electron chi connectivity index (χ0n) is 16.4. The summed E-state index contributed by atoms with van der Waals surface area (Å²) in [5, 5.41) is 3.34. The molecule has 8 heteroatoms. The number of benzene rings is 1. The minimum Gasteiger partial charge on any atom is -0.376 e. The summed E-state index contributed by atoms with van der Waals surface area (Å²) < 4.78 is 10.1. The maximum absolute atomic E-state index is 12.9. The molecular formula is C20H25N5O3. The van der Waals surface area contributed by atoms with Gasteiger partial charge in [-0.3, -0.25) is 18.5 Å². The summed E-state index contributed by atoms with van der Waals surface area (Å²) in [5.41, 5.74) is 2.31. The maximum atomic E-state index is 12.9. The van der Waals surface area contributed by atoms with Crippen LogP contribution in [-0.4, -0.2) is 37.9 Å². The number of nitrogens with one attached hydrogen (secondary N) is 1. The average molecular weight is 383 g/mol. The highest BCUT2D eigenvalue weighted by atomic mass is 16.5. The number of ether oxygens (including phenoxy) is 1. The number of hydrogen-bond donors (Lipinski definition) is 1. The van der Waals surface area contributed by atoms with Gasteiger partial charge in [0.2, 0.25) is 5.95 Å². The minimum absolute atomic E-state index is 0.137. The molecule has 0 radical (unpaired) electrons. The fourth-order valence-corrected chi connectivity index (χ4v) is 3.70. The molecule has 0 spiro atoms. The SMILES string of the molecule is Cc1ccccc1Cn1c(NC[C@@H]2CCCO2)nc2c1c(=O)n(C)c(=O)n2C. The lowest BCUT2D eigenvalue weighted by atomic mass is 10.1. The van der Waals surface area contributed by atoms with Crippen LogP contribution >= 0.6 is 0 Å². The van der Waals surface area contributed by atoms with Crippen LogP contribution in [0.15, 0.2) is 33.9 Å². The highest BCUT2D eigenvalue weighted by Crippen LogP contribution is 2.20. The lowest BCUT2D eigenvalue weighted by molar-refractivity contribution is 0.120. The van der Waals surface area contributed by atoms with Crippen molar-refractivity contribution in [1.29, 1.82) is 0 Å². The molecule has 1 fully saturated rings. The lowest BCUT2D eigenvalue weighted by Crippen LogP contribution is -2.37. The van der Waals surface area contributed by atoms with Gasteiger partial charge in [-0.15, -0.1) is 0 Å². The summed E-state index contributed by atoms with van der Waals surface area (Å²) in [6.07, 6.45) is 2.20. The zero-order valence-corrected chi connectivity index (χ0v) is 16.4. The third-order valence-corrected chi connectivity index (χ3v) is 5.45. The Bertz CT molecular complexity index is 1140. The quantitative estimate of drug-likeness (QED) is 0.720. The monoisotopic (exact) mass is 383 g/mol. The lowest BCUT2D eigenvalue weighted by Gasteiger charge is -2.14. The average Bonchev–Trinajstić information content (AvgIpc) is 3.33. The van der Waals surface area contributed by atoms with Crippen molar-refractivity contribution in [1.82, 2.24) is 18.7 Å². The normalized spacial score (nSPS) is 16.8. The summed E-state index contributed by atoms with van der Waals surface area (Å²) in [6, 6.07) is 8.05. The molecule has 1 N–H and O–H groups in total. The number of nitrogens with zero attached hydrogens (tertiary/aromatic N) is 4. The second-order valence-corrected chi connectivity index (χ2v) is 7.34. The highest BCUT2D eigenvalue weighted by Gasteiger charge is 2.21. The van der Waals surface area contributed by atoms with Crippen molar-refractivity contribution in [3.8, 4) is 0 Å². The molecule has 2 aromatic heterocycles. The first-order valence-electron chi connectivity index (χ1n) is 9.53. The Balaban J connectivity index is 1.85. The van der Waals surface area contributed by atoms with Crippen LogP contribution in [0.2, 0.25) is 0 Å². The molecule has 1 aromatic carbocycles. The van der Waals surface area contributed by atoms with Crippen LogP contribution in [0.3, 0.4) is 0 Å². The van der Waals surface area contributed by atoms with Gasteiger partial charge < -0.3 is 10.1 Å². The first-order valence-corrected chi connectivity index (χ1v) is 9.53. The van der Waals surface area contributed by atoms with E-state index in [0.717, 1.165) is 35.1 Å². The maximum Gasteiger partial charge on any atom is 0.332 e. The number of fused-ring (bicyclic) bond motifs is 1. The van der Waals surface area contributed by atoms with Gasteiger partial charge in [-0.05, 0) is 30.9 Å². The van der Waals surface area contributed by atoms with Gasteiger partial charge >= 0.3 is 5.69 Å². The molecule has 1 aliphatic rings. The molecule has 1 atom stereocenters. The van der Waals surface area contributed by atoms with Gasteiger partial charge in [-0.2, -0.15) is 4.98 Å². The molecule has 8 nitrogen and oxygen atoms in total. The Labute approximate surface area is 162 Å². The first-order chi connectivity index (χ1) is 13.5. The van der Waals surface area contributed by atoms with Gasteiger partial charge in [0, 0.05) is 27.2 Å². The van der Waals surface area contributed by atoms with Crippen LogP contribution in [0.1, 0.15) is 24.0 Å². The van der Waals surface area contributed by atoms with E-state index in [2.05, 4.69) is 10.3 Å². The molecule has 4 rings (SSSR count). The van der Waals surface area contributed by atoms with Gasteiger partial charge in [0.1, 0.15) is 0 Å². The molecule has 3 aromatic rings.